The first-order chi connectivity index (χ1) is 18.8. The molecule has 4 rings (SSSR count). The fourth-order valence-corrected chi connectivity index (χ4v) is 4.86. The van der Waals surface area contributed by atoms with Crippen LogP contribution >= 0.6 is 24.0 Å². The first-order valence-electron chi connectivity index (χ1n) is 11.7. The molecule has 3 aromatic carbocycles. The number of ether oxygens (including phenoxy) is 3. The normalized spacial score (nSPS) is 13.9. The number of esters is 1. The zero-order chi connectivity index (χ0) is 27.9. The summed E-state index contributed by atoms with van der Waals surface area (Å²) in [6, 6.07) is 17.0. The van der Waals surface area contributed by atoms with Gasteiger partial charge in [-0.15, -0.1) is 0 Å². The molecule has 0 aromatic heterocycles. The number of methoxy groups -OCH3 is 1. The van der Waals surface area contributed by atoms with Crippen LogP contribution in [0.25, 0.3) is 6.08 Å². The van der Waals surface area contributed by atoms with Gasteiger partial charge in [0.1, 0.15) is 5.82 Å². The second-order valence-corrected chi connectivity index (χ2v) is 9.71. The summed E-state index contributed by atoms with van der Waals surface area (Å²) >= 11 is 6.61. The number of halogens is 1. The van der Waals surface area contributed by atoms with Gasteiger partial charge in [0.05, 0.1) is 24.3 Å². The molecule has 0 unspecified atom stereocenters. The van der Waals surface area contributed by atoms with E-state index in [0.717, 1.165) is 11.8 Å². The lowest BCUT2D eigenvalue weighted by Gasteiger charge is -2.15. The number of benzene rings is 3. The third-order valence-electron chi connectivity index (χ3n) is 5.40. The van der Waals surface area contributed by atoms with Gasteiger partial charge in [-0.25, -0.2) is 9.18 Å². The first kappa shape index (κ1) is 27.8. The Balaban J connectivity index is 1.53. The van der Waals surface area contributed by atoms with Crippen molar-refractivity contribution in [1.29, 1.82) is 0 Å². The predicted octanol–water partition coefficient (Wildman–Crippen LogP) is 5.43. The Morgan fingerprint density at radius 2 is 1.82 bits per heavy atom. The summed E-state index contributed by atoms with van der Waals surface area (Å²) in [5.74, 6) is -0.919. The van der Waals surface area contributed by atoms with Gasteiger partial charge in [-0.2, -0.15) is 0 Å². The summed E-state index contributed by atoms with van der Waals surface area (Å²) in [6.45, 7) is 1.91. The molecule has 2 amide bonds. The Morgan fingerprint density at radius 3 is 2.54 bits per heavy atom. The number of anilines is 2. The number of hydrogen-bond acceptors (Lipinski definition) is 8. The molecule has 0 atom stereocenters. The van der Waals surface area contributed by atoms with Crippen LogP contribution in [0.1, 0.15) is 22.8 Å². The van der Waals surface area contributed by atoms with Crippen LogP contribution in [-0.2, 0) is 14.3 Å². The van der Waals surface area contributed by atoms with Gasteiger partial charge in [0.15, 0.2) is 22.4 Å². The number of carbonyl (C=O) groups is 3. The zero-order valence-electron chi connectivity index (χ0n) is 20.9. The molecule has 1 fully saturated rings. The Labute approximate surface area is 233 Å². The number of nitrogens with zero attached hydrogens (tertiary/aromatic N) is 1. The summed E-state index contributed by atoms with van der Waals surface area (Å²) in [7, 11) is 1.27. The van der Waals surface area contributed by atoms with Gasteiger partial charge in [0.2, 0.25) is 0 Å². The summed E-state index contributed by atoms with van der Waals surface area (Å²) in [4.78, 5) is 39.2. The van der Waals surface area contributed by atoms with E-state index in [2.05, 4.69) is 10.1 Å². The number of thioether (sulfide) groups is 1. The maximum Gasteiger partial charge on any atom is 0.343 e. The highest BCUT2D eigenvalue weighted by Gasteiger charge is 2.33. The Bertz CT molecular complexity index is 1460. The van der Waals surface area contributed by atoms with Crippen LogP contribution in [-0.4, -0.2) is 42.4 Å². The summed E-state index contributed by atoms with van der Waals surface area (Å²) in [5, 5.41) is 2.70. The second-order valence-electron chi connectivity index (χ2n) is 8.03. The van der Waals surface area contributed by atoms with Gasteiger partial charge in [-0.05, 0) is 73.2 Å². The molecule has 0 bridgehead atoms. The molecule has 0 spiro atoms. The van der Waals surface area contributed by atoms with Gasteiger partial charge in [0.25, 0.3) is 11.8 Å². The topological polar surface area (TPSA) is 94.2 Å². The molecule has 1 aliphatic rings. The van der Waals surface area contributed by atoms with E-state index < -0.39 is 17.7 Å². The standard InChI is InChI=1S/C28H23FN2O6S2/c1-3-36-23-13-17(7-12-22(23)37-16-25(32)35-2)14-24-27(34)31(28(38)39-24)21-6-4-5-18(15-21)26(33)30-20-10-8-19(29)9-11-20/h4-15H,3,16H2,1-2H3,(H,30,33)/b24-14+. The van der Waals surface area contributed by atoms with Gasteiger partial charge < -0.3 is 19.5 Å². The lowest BCUT2D eigenvalue weighted by atomic mass is 10.1. The fraction of sp³-hybridized carbons (Fsp3) is 0.143. The van der Waals surface area contributed by atoms with Gasteiger partial charge in [-0.1, -0.05) is 36.1 Å². The van der Waals surface area contributed by atoms with Crippen molar-refractivity contribution in [2.24, 2.45) is 0 Å². The van der Waals surface area contributed by atoms with Crippen molar-refractivity contribution in [3.63, 3.8) is 0 Å². The van der Waals surface area contributed by atoms with Crippen LogP contribution in [0.3, 0.4) is 0 Å². The minimum Gasteiger partial charge on any atom is -0.490 e. The van der Waals surface area contributed by atoms with Crippen molar-refractivity contribution in [2.45, 2.75) is 6.92 Å². The highest BCUT2D eigenvalue weighted by Crippen LogP contribution is 2.37. The van der Waals surface area contributed by atoms with Gasteiger partial charge >= 0.3 is 5.97 Å². The molecule has 11 heteroatoms. The average Bonchev–Trinajstić information content (AvgIpc) is 3.21. The molecule has 1 saturated heterocycles. The van der Waals surface area contributed by atoms with Crippen LogP contribution in [0.5, 0.6) is 11.5 Å². The molecule has 1 heterocycles. The van der Waals surface area contributed by atoms with Crippen molar-refractivity contribution in [2.75, 3.05) is 30.5 Å². The minimum absolute atomic E-state index is 0.268. The molecular formula is C28H23FN2O6S2. The second kappa shape index (κ2) is 12.5. The van der Waals surface area contributed by atoms with E-state index in [1.165, 1.54) is 36.3 Å². The number of rotatable bonds is 9. The molecule has 1 aliphatic heterocycles. The highest BCUT2D eigenvalue weighted by atomic mass is 32.2. The molecule has 1 N–H and O–H groups in total. The van der Waals surface area contributed by atoms with E-state index in [1.807, 2.05) is 6.92 Å². The number of carbonyl (C=O) groups excluding carboxylic acids is 3. The summed E-state index contributed by atoms with van der Waals surface area (Å²) < 4.78 is 29.2. The smallest absolute Gasteiger partial charge is 0.343 e. The monoisotopic (exact) mass is 566 g/mol. The van der Waals surface area contributed by atoms with E-state index in [-0.39, 0.29) is 12.5 Å². The van der Waals surface area contributed by atoms with Crippen LogP contribution in [0.4, 0.5) is 15.8 Å². The zero-order valence-corrected chi connectivity index (χ0v) is 22.6. The average molecular weight is 567 g/mol. The van der Waals surface area contributed by atoms with Crippen LogP contribution in [0, 0.1) is 5.82 Å². The molecule has 39 heavy (non-hydrogen) atoms. The summed E-state index contributed by atoms with van der Waals surface area (Å²) in [6.07, 6.45) is 1.68. The minimum atomic E-state index is -0.526. The number of hydrogen-bond donors (Lipinski definition) is 1. The highest BCUT2D eigenvalue weighted by molar-refractivity contribution is 8.27. The molecule has 200 valence electrons. The molecule has 0 radical (unpaired) electrons. The lowest BCUT2D eigenvalue weighted by Crippen LogP contribution is -2.27. The van der Waals surface area contributed by atoms with Crippen molar-refractivity contribution >= 4 is 63.5 Å². The SMILES string of the molecule is CCOc1cc(/C=C2/SC(=S)N(c3cccc(C(=O)Nc4ccc(F)cc4)c3)C2=O)ccc1OCC(=O)OC. The number of thiocarbonyl (C=S) groups is 1. The molecule has 0 saturated carbocycles. The van der Waals surface area contributed by atoms with Crippen molar-refractivity contribution in [3.8, 4) is 11.5 Å². The van der Waals surface area contributed by atoms with Crippen molar-refractivity contribution in [1.82, 2.24) is 0 Å². The van der Waals surface area contributed by atoms with E-state index in [4.69, 9.17) is 21.7 Å². The Kier molecular flexibility index (Phi) is 8.95. The third-order valence-corrected chi connectivity index (χ3v) is 6.70. The van der Waals surface area contributed by atoms with Crippen LogP contribution < -0.4 is 19.7 Å². The predicted molar refractivity (Wildman–Crippen MR) is 152 cm³/mol. The van der Waals surface area contributed by atoms with Gasteiger partial charge in [0, 0.05) is 11.3 Å². The molecule has 3 aromatic rings. The van der Waals surface area contributed by atoms with Crippen LogP contribution in [0.2, 0.25) is 0 Å². The molecule has 8 nitrogen and oxygen atoms in total. The largest absolute Gasteiger partial charge is 0.490 e. The van der Waals surface area contributed by atoms with Crippen LogP contribution in [0.15, 0.2) is 71.6 Å². The number of nitrogens with one attached hydrogen (secondary N) is 1. The first-order valence-corrected chi connectivity index (χ1v) is 12.9. The van der Waals surface area contributed by atoms with E-state index in [1.54, 1.807) is 48.5 Å². The molecular weight excluding hydrogens is 543 g/mol. The van der Waals surface area contributed by atoms with Crippen molar-refractivity contribution in [3.05, 3.63) is 88.6 Å². The Morgan fingerprint density at radius 1 is 1.05 bits per heavy atom. The van der Waals surface area contributed by atoms with Gasteiger partial charge in [-0.3, -0.25) is 14.5 Å². The summed E-state index contributed by atoms with van der Waals surface area (Å²) in [5.41, 5.74) is 1.85. The maximum absolute atomic E-state index is 13.3. The lowest BCUT2D eigenvalue weighted by molar-refractivity contribution is -0.142. The third kappa shape index (κ3) is 6.81. The van der Waals surface area contributed by atoms with Crippen molar-refractivity contribution < 1.29 is 33.0 Å². The quantitative estimate of drug-likeness (QED) is 0.208. The van der Waals surface area contributed by atoms with E-state index in [9.17, 15) is 18.8 Å². The van der Waals surface area contributed by atoms with E-state index in [0.29, 0.717) is 49.8 Å². The fourth-order valence-electron chi connectivity index (χ4n) is 3.56. The number of amides is 2. The van der Waals surface area contributed by atoms with E-state index >= 15 is 0 Å². The maximum atomic E-state index is 13.3. The Hall–Kier alpha value is -4.22. The molecule has 0 aliphatic carbocycles.